The molecule has 0 aromatic heterocycles. The molecule has 0 saturated carbocycles. The summed E-state index contributed by atoms with van der Waals surface area (Å²) in [6.45, 7) is 6.73. The van der Waals surface area contributed by atoms with Crippen molar-refractivity contribution in [3.8, 4) is 0 Å². The van der Waals surface area contributed by atoms with Crippen molar-refractivity contribution in [1.82, 2.24) is 9.80 Å². The van der Waals surface area contributed by atoms with Gasteiger partial charge in [0.1, 0.15) is 0 Å². The summed E-state index contributed by atoms with van der Waals surface area (Å²) in [7, 11) is 4.02. The van der Waals surface area contributed by atoms with Crippen molar-refractivity contribution in [2.45, 2.75) is 38.6 Å². The molecule has 4 heteroatoms. The summed E-state index contributed by atoms with van der Waals surface area (Å²) in [5.41, 5.74) is 5.06. The van der Waals surface area contributed by atoms with Crippen LogP contribution in [0.15, 0.2) is 0 Å². The lowest BCUT2D eigenvalue weighted by Crippen LogP contribution is -2.50. The third kappa shape index (κ3) is 4.64. The average molecular weight is 241 g/mol. The molecule has 1 saturated heterocycles. The molecule has 1 aliphatic rings. The number of piperidine rings is 1. The fraction of sp³-hybridized carbons (Fsp3) is 0.923. The van der Waals surface area contributed by atoms with Gasteiger partial charge in [0.2, 0.25) is 5.91 Å². The second kappa shape index (κ2) is 5.83. The van der Waals surface area contributed by atoms with Crippen LogP contribution in [0.5, 0.6) is 0 Å². The fourth-order valence-electron chi connectivity index (χ4n) is 2.32. The van der Waals surface area contributed by atoms with Crippen LogP contribution in [0, 0.1) is 5.92 Å². The van der Waals surface area contributed by atoms with Crippen LogP contribution in [-0.4, -0.2) is 55.0 Å². The van der Waals surface area contributed by atoms with Crippen molar-refractivity contribution in [2.75, 3.05) is 33.7 Å². The molecule has 0 aromatic carbocycles. The largest absolute Gasteiger partial charge is 0.344 e. The van der Waals surface area contributed by atoms with Crippen LogP contribution in [0.4, 0.5) is 0 Å². The van der Waals surface area contributed by atoms with Crippen LogP contribution in [0.25, 0.3) is 0 Å². The Morgan fingerprint density at radius 1 is 1.41 bits per heavy atom. The van der Waals surface area contributed by atoms with Gasteiger partial charge in [-0.15, -0.1) is 0 Å². The summed E-state index contributed by atoms with van der Waals surface area (Å²) in [6.07, 6.45) is 3.61. The molecule has 0 spiro atoms. The normalized spacial score (nSPS) is 19.4. The zero-order chi connectivity index (χ0) is 13.1. The number of amides is 1. The van der Waals surface area contributed by atoms with Gasteiger partial charge in [-0.3, -0.25) is 4.79 Å². The smallest absolute Gasteiger partial charge is 0.241 e. The van der Waals surface area contributed by atoms with E-state index in [0.717, 1.165) is 18.9 Å². The summed E-state index contributed by atoms with van der Waals surface area (Å²) >= 11 is 0. The van der Waals surface area contributed by atoms with E-state index in [0.29, 0.717) is 0 Å². The highest BCUT2D eigenvalue weighted by molar-refractivity contribution is 5.84. The maximum atomic E-state index is 11.9. The van der Waals surface area contributed by atoms with Gasteiger partial charge in [0.25, 0.3) is 0 Å². The Morgan fingerprint density at radius 3 is 2.41 bits per heavy atom. The second-order valence-electron chi connectivity index (χ2n) is 5.98. The maximum absolute atomic E-state index is 11.9. The molecular formula is C13H27N3O. The Bertz CT molecular complexity index is 252. The van der Waals surface area contributed by atoms with E-state index in [1.807, 2.05) is 7.05 Å². The standard InChI is InChI=1S/C13H27N3O/c1-13(2,14)12(17)16(4)10-7-11-5-8-15(3)9-6-11/h11H,5-10,14H2,1-4H3. The van der Waals surface area contributed by atoms with Crippen LogP contribution >= 0.6 is 0 Å². The van der Waals surface area contributed by atoms with Crippen LogP contribution in [-0.2, 0) is 4.79 Å². The first kappa shape index (κ1) is 14.5. The first-order chi connectivity index (χ1) is 7.80. The SMILES string of the molecule is CN1CCC(CCN(C)C(=O)C(C)(C)N)CC1. The highest BCUT2D eigenvalue weighted by Crippen LogP contribution is 2.19. The summed E-state index contributed by atoms with van der Waals surface area (Å²) in [5, 5.41) is 0. The van der Waals surface area contributed by atoms with E-state index in [1.165, 1.54) is 25.9 Å². The zero-order valence-electron chi connectivity index (χ0n) is 11.7. The number of likely N-dealkylation sites (tertiary alicyclic amines) is 1. The molecule has 2 N–H and O–H groups in total. The van der Waals surface area contributed by atoms with Crippen LogP contribution in [0.3, 0.4) is 0 Å². The summed E-state index contributed by atoms with van der Waals surface area (Å²) in [4.78, 5) is 16.0. The van der Waals surface area contributed by atoms with Crippen LogP contribution in [0.1, 0.15) is 33.1 Å². The molecule has 0 unspecified atom stereocenters. The van der Waals surface area contributed by atoms with Gasteiger partial charge in [0.05, 0.1) is 5.54 Å². The molecule has 1 aliphatic heterocycles. The van der Waals surface area contributed by atoms with E-state index < -0.39 is 5.54 Å². The highest BCUT2D eigenvalue weighted by atomic mass is 16.2. The van der Waals surface area contributed by atoms with Gasteiger partial charge in [-0.1, -0.05) is 0 Å². The minimum Gasteiger partial charge on any atom is -0.344 e. The number of rotatable bonds is 4. The Balaban J connectivity index is 2.29. The topological polar surface area (TPSA) is 49.6 Å². The van der Waals surface area contributed by atoms with Gasteiger partial charge in [0, 0.05) is 13.6 Å². The molecular weight excluding hydrogens is 214 g/mol. The quantitative estimate of drug-likeness (QED) is 0.796. The zero-order valence-corrected chi connectivity index (χ0v) is 11.7. The third-order valence-corrected chi connectivity index (χ3v) is 3.61. The van der Waals surface area contributed by atoms with E-state index in [1.54, 1.807) is 18.7 Å². The first-order valence-corrected chi connectivity index (χ1v) is 6.53. The van der Waals surface area contributed by atoms with E-state index in [4.69, 9.17) is 5.73 Å². The molecule has 100 valence electrons. The molecule has 0 radical (unpaired) electrons. The van der Waals surface area contributed by atoms with Crippen molar-refractivity contribution in [1.29, 1.82) is 0 Å². The number of carbonyl (C=O) groups is 1. The highest BCUT2D eigenvalue weighted by Gasteiger charge is 2.26. The minimum atomic E-state index is -0.748. The number of nitrogens with two attached hydrogens (primary N) is 1. The van der Waals surface area contributed by atoms with E-state index >= 15 is 0 Å². The van der Waals surface area contributed by atoms with Crippen molar-refractivity contribution >= 4 is 5.91 Å². The predicted molar refractivity (Wildman–Crippen MR) is 70.7 cm³/mol. The Morgan fingerprint density at radius 2 is 1.94 bits per heavy atom. The molecule has 0 aromatic rings. The molecule has 17 heavy (non-hydrogen) atoms. The second-order valence-corrected chi connectivity index (χ2v) is 5.98. The van der Waals surface area contributed by atoms with Crippen molar-refractivity contribution in [2.24, 2.45) is 11.7 Å². The number of carbonyl (C=O) groups excluding carboxylic acids is 1. The Kier molecular flexibility index (Phi) is 4.95. The molecule has 4 nitrogen and oxygen atoms in total. The molecule has 0 atom stereocenters. The maximum Gasteiger partial charge on any atom is 0.241 e. The molecule has 1 rings (SSSR count). The number of likely N-dealkylation sites (N-methyl/N-ethyl adjacent to an activating group) is 1. The van der Waals surface area contributed by atoms with Crippen molar-refractivity contribution < 1.29 is 4.79 Å². The number of hydrogen-bond donors (Lipinski definition) is 1. The Labute approximate surface area is 105 Å². The monoisotopic (exact) mass is 241 g/mol. The summed E-state index contributed by atoms with van der Waals surface area (Å²) in [6, 6.07) is 0. The van der Waals surface area contributed by atoms with E-state index in [2.05, 4.69) is 11.9 Å². The van der Waals surface area contributed by atoms with Gasteiger partial charge < -0.3 is 15.5 Å². The van der Waals surface area contributed by atoms with E-state index in [9.17, 15) is 4.79 Å². The lowest BCUT2D eigenvalue weighted by Gasteiger charge is -2.31. The van der Waals surface area contributed by atoms with Gasteiger partial charge in [-0.05, 0) is 59.2 Å². The molecule has 0 aliphatic carbocycles. The molecule has 1 heterocycles. The lowest BCUT2D eigenvalue weighted by molar-refractivity contribution is -0.134. The van der Waals surface area contributed by atoms with Gasteiger partial charge >= 0.3 is 0 Å². The molecule has 0 bridgehead atoms. The van der Waals surface area contributed by atoms with Crippen LogP contribution < -0.4 is 5.73 Å². The average Bonchev–Trinajstić information content (AvgIpc) is 2.25. The van der Waals surface area contributed by atoms with Gasteiger partial charge in [0.15, 0.2) is 0 Å². The molecule has 1 amide bonds. The Hall–Kier alpha value is -0.610. The minimum absolute atomic E-state index is 0.0328. The predicted octanol–water partition coefficient (Wildman–Crippen LogP) is 0.914. The van der Waals surface area contributed by atoms with Crippen molar-refractivity contribution in [3.63, 3.8) is 0 Å². The van der Waals surface area contributed by atoms with Crippen molar-refractivity contribution in [3.05, 3.63) is 0 Å². The number of nitrogens with zero attached hydrogens (tertiary/aromatic N) is 2. The summed E-state index contributed by atoms with van der Waals surface area (Å²) in [5.74, 6) is 0.799. The third-order valence-electron chi connectivity index (χ3n) is 3.61. The van der Waals surface area contributed by atoms with Crippen LogP contribution in [0.2, 0.25) is 0 Å². The summed E-state index contributed by atoms with van der Waals surface area (Å²) < 4.78 is 0. The number of hydrogen-bond acceptors (Lipinski definition) is 3. The first-order valence-electron chi connectivity index (χ1n) is 6.53. The van der Waals surface area contributed by atoms with Gasteiger partial charge in [-0.25, -0.2) is 0 Å². The van der Waals surface area contributed by atoms with E-state index in [-0.39, 0.29) is 5.91 Å². The molecule has 1 fully saturated rings. The van der Waals surface area contributed by atoms with Gasteiger partial charge in [-0.2, -0.15) is 0 Å². The lowest BCUT2D eigenvalue weighted by atomic mass is 9.93. The fourth-order valence-corrected chi connectivity index (χ4v) is 2.32.